The molecule has 1 aromatic rings. The molecule has 0 aliphatic carbocycles. The summed E-state index contributed by atoms with van der Waals surface area (Å²) in [5.41, 5.74) is -0.465. The number of aliphatic hydroxyl groups is 1. The standard InChI is InChI=1S/C18H18N4O4/c1-10-5-6-11(22(25)26)7-13(10)21-14(8-15(23)18(2,3)4)16(24)12(9-19)17(21)20/h5-8,20,24H,1-4H3/b14-8+,20-17?. The zero-order valence-corrected chi connectivity index (χ0v) is 14.8. The number of carbonyl (C=O) groups is 1. The van der Waals surface area contributed by atoms with Gasteiger partial charge in [-0.2, -0.15) is 5.26 Å². The Morgan fingerprint density at radius 1 is 1.42 bits per heavy atom. The van der Waals surface area contributed by atoms with E-state index in [-0.39, 0.29) is 34.3 Å². The molecule has 0 bridgehead atoms. The average molecular weight is 354 g/mol. The Labute approximate surface area is 150 Å². The number of nitrogens with zero attached hydrogens (tertiary/aromatic N) is 3. The molecule has 134 valence electrons. The number of nitro groups is 1. The quantitative estimate of drug-likeness (QED) is 0.485. The molecule has 0 saturated carbocycles. The molecular formula is C18H18N4O4. The minimum atomic E-state index is -0.742. The third kappa shape index (κ3) is 3.19. The van der Waals surface area contributed by atoms with E-state index in [9.17, 15) is 25.3 Å². The number of hydrogen-bond acceptors (Lipinski definition) is 6. The molecule has 1 aliphatic rings. The molecule has 8 nitrogen and oxygen atoms in total. The van der Waals surface area contributed by atoms with E-state index in [1.165, 1.54) is 23.1 Å². The highest BCUT2D eigenvalue weighted by Gasteiger charge is 2.36. The first-order valence-electron chi connectivity index (χ1n) is 7.73. The highest BCUT2D eigenvalue weighted by atomic mass is 16.6. The second-order valence-corrected chi connectivity index (χ2v) is 6.89. The molecule has 0 saturated heterocycles. The van der Waals surface area contributed by atoms with Gasteiger partial charge < -0.3 is 5.11 Å². The van der Waals surface area contributed by atoms with Crippen LogP contribution in [0.15, 0.2) is 41.3 Å². The maximum absolute atomic E-state index is 12.4. The third-order valence-electron chi connectivity index (χ3n) is 3.94. The number of nitrogens with one attached hydrogen (secondary N) is 1. The molecule has 1 heterocycles. The minimum absolute atomic E-state index is 0.0462. The number of rotatable bonds is 3. The molecule has 0 atom stereocenters. The minimum Gasteiger partial charge on any atom is -0.504 e. The molecule has 0 amide bonds. The van der Waals surface area contributed by atoms with Crippen molar-refractivity contribution in [2.75, 3.05) is 4.90 Å². The fourth-order valence-electron chi connectivity index (χ4n) is 2.36. The lowest BCUT2D eigenvalue weighted by molar-refractivity contribution is -0.384. The first-order valence-corrected chi connectivity index (χ1v) is 7.73. The first-order chi connectivity index (χ1) is 12.0. The van der Waals surface area contributed by atoms with Gasteiger partial charge in [-0.05, 0) is 12.5 Å². The van der Waals surface area contributed by atoms with Crippen LogP contribution < -0.4 is 4.90 Å². The zero-order valence-electron chi connectivity index (χ0n) is 14.8. The lowest BCUT2D eigenvalue weighted by atomic mass is 9.90. The van der Waals surface area contributed by atoms with Crippen LogP contribution in [0.5, 0.6) is 0 Å². The molecule has 0 unspecified atom stereocenters. The van der Waals surface area contributed by atoms with Crippen LogP contribution in [0.25, 0.3) is 0 Å². The summed E-state index contributed by atoms with van der Waals surface area (Å²) in [5, 5.41) is 38.9. The maximum Gasteiger partial charge on any atom is 0.271 e. The summed E-state index contributed by atoms with van der Waals surface area (Å²) in [6.45, 7) is 6.77. The van der Waals surface area contributed by atoms with Crippen molar-refractivity contribution in [3.63, 3.8) is 0 Å². The third-order valence-corrected chi connectivity index (χ3v) is 3.94. The number of aliphatic hydroxyl groups excluding tert-OH is 1. The summed E-state index contributed by atoms with van der Waals surface area (Å²) in [6.07, 6.45) is 1.16. The van der Waals surface area contributed by atoms with Crippen LogP contribution in [-0.2, 0) is 4.79 Å². The number of non-ortho nitro benzene ring substituents is 1. The van der Waals surface area contributed by atoms with Gasteiger partial charge in [-0.25, -0.2) is 0 Å². The number of anilines is 1. The Morgan fingerprint density at radius 3 is 2.54 bits per heavy atom. The van der Waals surface area contributed by atoms with Crippen molar-refractivity contribution in [2.24, 2.45) is 5.41 Å². The number of ketones is 1. The SMILES string of the molecule is Cc1ccc([N+](=O)[O-])cc1N1C(=N)C(C#N)=C(O)/C1=C\C(=O)C(C)(C)C. The molecule has 0 aromatic heterocycles. The van der Waals surface area contributed by atoms with E-state index in [0.717, 1.165) is 6.08 Å². The van der Waals surface area contributed by atoms with E-state index in [1.54, 1.807) is 33.8 Å². The molecule has 0 radical (unpaired) electrons. The molecule has 1 aliphatic heterocycles. The predicted molar refractivity (Wildman–Crippen MR) is 95.9 cm³/mol. The highest BCUT2D eigenvalue weighted by molar-refractivity contribution is 6.18. The van der Waals surface area contributed by atoms with Crippen LogP contribution in [0.4, 0.5) is 11.4 Å². The number of benzene rings is 1. The zero-order chi connectivity index (χ0) is 19.8. The number of aryl methyl sites for hydroxylation is 1. The topological polar surface area (TPSA) is 131 Å². The van der Waals surface area contributed by atoms with Gasteiger partial charge in [0, 0.05) is 23.6 Å². The number of allylic oxidation sites excluding steroid dienone is 1. The van der Waals surface area contributed by atoms with Crippen molar-refractivity contribution in [1.29, 1.82) is 10.7 Å². The van der Waals surface area contributed by atoms with Gasteiger partial charge in [-0.1, -0.05) is 26.8 Å². The second kappa shape index (κ2) is 6.44. The first kappa shape index (κ1) is 18.9. The summed E-state index contributed by atoms with van der Waals surface area (Å²) in [4.78, 5) is 24.1. The van der Waals surface area contributed by atoms with Gasteiger partial charge >= 0.3 is 0 Å². The van der Waals surface area contributed by atoms with Crippen molar-refractivity contribution in [2.45, 2.75) is 27.7 Å². The largest absolute Gasteiger partial charge is 0.504 e. The van der Waals surface area contributed by atoms with Gasteiger partial charge in [0.15, 0.2) is 17.4 Å². The second-order valence-electron chi connectivity index (χ2n) is 6.89. The van der Waals surface area contributed by atoms with Crippen molar-refractivity contribution in [1.82, 2.24) is 0 Å². The van der Waals surface area contributed by atoms with Crippen LogP contribution in [0.1, 0.15) is 26.3 Å². The molecule has 2 N–H and O–H groups in total. The van der Waals surface area contributed by atoms with Crippen LogP contribution in [0.2, 0.25) is 0 Å². The van der Waals surface area contributed by atoms with E-state index < -0.39 is 16.1 Å². The number of carbonyl (C=O) groups excluding carboxylic acids is 1. The molecule has 1 aromatic carbocycles. The van der Waals surface area contributed by atoms with Gasteiger partial charge in [0.2, 0.25) is 0 Å². The van der Waals surface area contributed by atoms with Gasteiger partial charge in [0.05, 0.1) is 16.3 Å². The van der Waals surface area contributed by atoms with Gasteiger partial charge in [-0.3, -0.25) is 25.2 Å². The van der Waals surface area contributed by atoms with Crippen LogP contribution >= 0.6 is 0 Å². The Kier molecular flexibility index (Phi) is 4.67. The summed E-state index contributed by atoms with van der Waals surface area (Å²) >= 11 is 0. The summed E-state index contributed by atoms with van der Waals surface area (Å²) < 4.78 is 0. The normalized spacial score (nSPS) is 16.2. The monoisotopic (exact) mass is 354 g/mol. The fraction of sp³-hybridized carbons (Fsp3) is 0.278. The smallest absolute Gasteiger partial charge is 0.271 e. The molecule has 2 rings (SSSR count). The number of amidine groups is 1. The Balaban J connectivity index is 2.71. The molecular weight excluding hydrogens is 336 g/mol. The number of nitriles is 1. The summed E-state index contributed by atoms with van der Waals surface area (Å²) in [5.74, 6) is -1.17. The molecule has 8 heteroatoms. The molecule has 26 heavy (non-hydrogen) atoms. The number of hydrogen-bond donors (Lipinski definition) is 2. The summed E-state index contributed by atoms with van der Waals surface area (Å²) in [7, 11) is 0. The van der Waals surface area contributed by atoms with Crippen LogP contribution in [0.3, 0.4) is 0 Å². The Bertz CT molecular complexity index is 929. The Hall–Kier alpha value is -3.47. The van der Waals surface area contributed by atoms with E-state index in [0.29, 0.717) is 5.56 Å². The lowest BCUT2D eigenvalue weighted by Crippen LogP contribution is -2.27. The fourth-order valence-corrected chi connectivity index (χ4v) is 2.36. The average Bonchev–Trinajstić information content (AvgIpc) is 2.77. The van der Waals surface area contributed by atoms with Crippen molar-refractivity contribution in [3.05, 3.63) is 57.0 Å². The van der Waals surface area contributed by atoms with Crippen molar-refractivity contribution >= 4 is 23.0 Å². The van der Waals surface area contributed by atoms with Crippen molar-refractivity contribution in [3.8, 4) is 6.07 Å². The predicted octanol–water partition coefficient (Wildman–Crippen LogP) is 3.54. The maximum atomic E-state index is 12.4. The van der Waals surface area contributed by atoms with Crippen LogP contribution in [-0.4, -0.2) is 21.6 Å². The Morgan fingerprint density at radius 2 is 2.04 bits per heavy atom. The van der Waals surface area contributed by atoms with E-state index in [4.69, 9.17) is 5.41 Å². The van der Waals surface area contributed by atoms with Gasteiger partial charge in [0.25, 0.3) is 5.69 Å². The van der Waals surface area contributed by atoms with E-state index >= 15 is 0 Å². The number of nitro benzene ring substituents is 1. The molecule has 0 fully saturated rings. The van der Waals surface area contributed by atoms with E-state index in [1.807, 2.05) is 0 Å². The van der Waals surface area contributed by atoms with Gasteiger partial charge in [-0.15, -0.1) is 0 Å². The van der Waals surface area contributed by atoms with Crippen molar-refractivity contribution < 1.29 is 14.8 Å². The van der Waals surface area contributed by atoms with E-state index in [2.05, 4.69) is 0 Å². The van der Waals surface area contributed by atoms with Gasteiger partial charge in [0.1, 0.15) is 11.6 Å². The summed E-state index contributed by atoms with van der Waals surface area (Å²) in [6, 6.07) is 5.81. The highest BCUT2D eigenvalue weighted by Crippen LogP contribution is 2.37. The molecule has 0 spiro atoms. The lowest BCUT2D eigenvalue weighted by Gasteiger charge is -2.23. The van der Waals surface area contributed by atoms with Crippen LogP contribution in [0, 0.1) is 39.2 Å².